The van der Waals surface area contributed by atoms with Gasteiger partial charge in [-0.25, -0.2) is 9.78 Å². The van der Waals surface area contributed by atoms with Gasteiger partial charge in [0, 0.05) is 27.3 Å². The first-order valence-corrected chi connectivity index (χ1v) is 7.38. The molecule has 1 saturated heterocycles. The molecule has 20 heavy (non-hydrogen) atoms. The molecule has 0 aromatic carbocycles. The number of aromatic nitrogens is 1. The zero-order valence-electron chi connectivity index (χ0n) is 12.0. The Balaban J connectivity index is 2.20. The van der Waals surface area contributed by atoms with Crippen molar-refractivity contribution in [2.75, 3.05) is 32.2 Å². The highest BCUT2D eigenvalue weighted by atomic mass is 32.1. The summed E-state index contributed by atoms with van der Waals surface area (Å²) in [4.78, 5) is 18.0. The Bertz CT molecular complexity index is 477. The van der Waals surface area contributed by atoms with Gasteiger partial charge in [-0.3, -0.25) is 0 Å². The summed E-state index contributed by atoms with van der Waals surface area (Å²) < 4.78 is 10.5. The molecule has 1 fully saturated rings. The second kappa shape index (κ2) is 6.51. The maximum absolute atomic E-state index is 11.2. The third kappa shape index (κ3) is 3.11. The van der Waals surface area contributed by atoms with Gasteiger partial charge in [-0.05, 0) is 12.3 Å². The summed E-state index contributed by atoms with van der Waals surface area (Å²) >= 11 is 1.21. The lowest BCUT2D eigenvalue weighted by molar-refractivity contribution is 0.0498. The van der Waals surface area contributed by atoms with Gasteiger partial charge >= 0.3 is 5.97 Å². The number of ether oxygens (including phenoxy) is 2. The molecule has 0 aliphatic carbocycles. The Morgan fingerprint density at radius 1 is 1.55 bits per heavy atom. The monoisotopic (exact) mass is 300 g/mol. The predicted molar refractivity (Wildman–Crippen MR) is 76.6 cm³/mol. The molecule has 0 saturated carbocycles. The van der Waals surface area contributed by atoms with Crippen molar-refractivity contribution in [3.05, 3.63) is 10.6 Å². The first kappa shape index (κ1) is 15.2. The fraction of sp³-hybridized carbons (Fsp3) is 0.692. The summed E-state index contributed by atoms with van der Waals surface area (Å²) in [5.74, 6) is -0.442. The molecule has 1 aromatic rings. The average molecular weight is 300 g/mol. The van der Waals surface area contributed by atoms with Gasteiger partial charge in [0.1, 0.15) is 4.88 Å². The van der Waals surface area contributed by atoms with Crippen molar-refractivity contribution in [3.63, 3.8) is 0 Å². The number of methoxy groups -OCH3 is 2. The third-order valence-electron chi connectivity index (χ3n) is 3.62. The number of carboxylic acids is 1. The number of anilines is 1. The lowest BCUT2D eigenvalue weighted by atomic mass is 9.96. The van der Waals surface area contributed by atoms with Gasteiger partial charge in [-0.15, -0.1) is 0 Å². The van der Waals surface area contributed by atoms with Gasteiger partial charge in [0.25, 0.3) is 0 Å². The van der Waals surface area contributed by atoms with Crippen molar-refractivity contribution in [1.29, 1.82) is 0 Å². The standard InChI is InChI=1S/C13H20N2O4S/c1-8-4-5-15(6-10(8)19-3)13-14-9(7-18-2)11(20-13)12(16)17/h8,10H,4-7H2,1-3H3,(H,16,17). The Hall–Kier alpha value is -1.18. The lowest BCUT2D eigenvalue weighted by Crippen LogP contribution is -2.43. The summed E-state index contributed by atoms with van der Waals surface area (Å²) in [7, 11) is 3.25. The van der Waals surface area contributed by atoms with Crippen LogP contribution in [0.1, 0.15) is 28.7 Å². The highest BCUT2D eigenvalue weighted by molar-refractivity contribution is 7.17. The van der Waals surface area contributed by atoms with Gasteiger partial charge in [-0.2, -0.15) is 0 Å². The zero-order valence-corrected chi connectivity index (χ0v) is 12.8. The number of carboxylic acid groups (broad SMARTS) is 1. The minimum atomic E-state index is -0.950. The van der Waals surface area contributed by atoms with Crippen molar-refractivity contribution in [2.24, 2.45) is 5.92 Å². The van der Waals surface area contributed by atoms with Crippen LogP contribution in [-0.2, 0) is 16.1 Å². The molecule has 7 heteroatoms. The van der Waals surface area contributed by atoms with Crippen LogP contribution >= 0.6 is 11.3 Å². The summed E-state index contributed by atoms with van der Waals surface area (Å²) in [5, 5.41) is 9.96. The molecule has 112 valence electrons. The van der Waals surface area contributed by atoms with Crippen molar-refractivity contribution >= 4 is 22.4 Å². The number of hydrogen-bond acceptors (Lipinski definition) is 6. The first-order valence-electron chi connectivity index (χ1n) is 6.56. The molecular formula is C13H20N2O4S. The fourth-order valence-electron chi connectivity index (χ4n) is 2.39. The van der Waals surface area contributed by atoms with Crippen LogP contribution in [0.2, 0.25) is 0 Å². The van der Waals surface area contributed by atoms with Crippen LogP contribution in [0.25, 0.3) is 0 Å². The maximum atomic E-state index is 11.2. The smallest absolute Gasteiger partial charge is 0.347 e. The number of nitrogens with zero attached hydrogens (tertiary/aromatic N) is 2. The molecule has 2 atom stereocenters. The lowest BCUT2D eigenvalue weighted by Gasteiger charge is -2.36. The molecule has 0 spiro atoms. The quantitative estimate of drug-likeness (QED) is 0.894. The van der Waals surface area contributed by atoms with E-state index in [1.807, 2.05) is 0 Å². The Labute approximate surface area is 122 Å². The largest absolute Gasteiger partial charge is 0.477 e. The highest BCUT2D eigenvalue weighted by Gasteiger charge is 2.29. The second-order valence-corrected chi connectivity index (χ2v) is 5.97. The van der Waals surface area contributed by atoms with Crippen molar-refractivity contribution in [3.8, 4) is 0 Å². The van der Waals surface area contributed by atoms with Crippen LogP contribution < -0.4 is 4.90 Å². The van der Waals surface area contributed by atoms with Crippen LogP contribution in [0, 0.1) is 5.92 Å². The van der Waals surface area contributed by atoms with Crippen LogP contribution in [0.3, 0.4) is 0 Å². The molecule has 0 amide bonds. The Kier molecular flexibility index (Phi) is 4.95. The van der Waals surface area contributed by atoms with E-state index in [-0.39, 0.29) is 17.6 Å². The molecule has 2 unspecified atom stereocenters. The minimum Gasteiger partial charge on any atom is -0.477 e. The molecule has 0 radical (unpaired) electrons. The van der Waals surface area contributed by atoms with E-state index in [2.05, 4.69) is 16.8 Å². The Morgan fingerprint density at radius 3 is 2.90 bits per heavy atom. The van der Waals surface area contributed by atoms with E-state index in [0.717, 1.165) is 24.6 Å². The highest BCUT2D eigenvalue weighted by Crippen LogP contribution is 2.31. The number of aromatic carboxylic acids is 1. The molecule has 1 aromatic heterocycles. The summed E-state index contributed by atoms with van der Waals surface area (Å²) in [6.45, 7) is 4.01. The maximum Gasteiger partial charge on any atom is 0.347 e. The zero-order chi connectivity index (χ0) is 14.7. The third-order valence-corrected chi connectivity index (χ3v) is 4.77. The SMILES string of the molecule is COCc1nc(N2CCC(C)C(OC)C2)sc1C(=O)O. The molecule has 6 nitrogen and oxygen atoms in total. The number of rotatable bonds is 5. The van der Waals surface area contributed by atoms with Gasteiger partial charge < -0.3 is 19.5 Å². The van der Waals surface area contributed by atoms with Gasteiger partial charge in [-0.1, -0.05) is 18.3 Å². The molecule has 2 rings (SSSR count). The van der Waals surface area contributed by atoms with Crippen LogP contribution in [0.5, 0.6) is 0 Å². The molecule has 1 aliphatic heterocycles. The predicted octanol–water partition coefficient (Wildman–Crippen LogP) is 1.85. The van der Waals surface area contributed by atoms with Crippen LogP contribution in [0.15, 0.2) is 0 Å². The van der Waals surface area contributed by atoms with E-state index >= 15 is 0 Å². The van der Waals surface area contributed by atoms with Crippen LogP contribution in [-0.4, -0.2) is 49.5 Å². The van der Waals surface area contributed by atoms with E-state index in [1.165, 1.54) is 18.4 Å². The average Bonchev–Trinajstić information content (AvgIpc) is 2.84. The van der Waals surface area contributed by atoms with E-state index in [4.69, 9.17) is 9.47 Å². The normalized spacial score (nSPS) is 23.1. The summed E-state index contributed by atoms with van der Waals surface area (Å²) in [5.41, 5.74) is 0.493. The molecule has 1 N–H and O–H groups in total. The molecule has 1 aliphatic rings. The van der Waals surface area contributed by atoms with Crippen molar-refractivity contribution in [2.45, 2.75) is 26.1 Å². The number of hydrogen-bond donors (Lipinski definition) is 1. The summed E-state index contributed by atoms with van der Waals surface area (Å²) in [6, 6.07) is 0. The van der Waals surface area contributed by atoms with E-state index in [1.54, 1.807) is 7.11 Å². The van der Waals surface area contributed by atoms with Crippen LogP contribution in [0.4, 0.5) is 5.13 Å². The number of carbonyl (C=O) groups is 1. The number of piperidine rings is 1. The van der Waals surface area contributed by atoms with E-state index in [9.17, 15) is 9.90 Å². The second-order valence-electron chi connectivity index (χ2n) is 5.00. The topological polar surface area (TPSA) is 71.9 Å². The molecule has 0 bridgehead atoms. The summed E-state index contributed by atoms with van der Waals surface area (Å²) in [6.07, 6.45) is 1.17. The first-order chi connectivity index (χ1) is 9.56. The number of thiazole rings is 1. The molecular weight excluding hydrogens is 280 g/mol. The van der Waals surface area contributed by atoms with Crippen molar-refractivity contribution in [1.82, 2.24) is 4.98 Å². The fourth-order valence-corrected chi connectivity index (χ4v) is 3.33. The van der Waals surface area contributed by atoms with E-state index < -0.39 is 5.97 Å². The van der Waals surface area contributed by atoms with E-state index in [0.29, 0.717) is 11.6 Å². The van der Waals surface area contributed by atoms with Gasteiger partial charge in [0.2, 0.25) is 0 Å². The molecule has 2 heterocycles. The van der Waals surface area contributed by atoms with Crippen molar-refractivity contribution < 1.29 is 19.4 Å². The van der Waals surface area contributed by atoms with Gasteiger partial charge in [0.15, 0.2) is 5.13 Å². The minimum absolute atomic E-state index is 0.159. The van der Waals surface area contributed by atoms with Gasteiger partial charge in [0.05, 0.1) is 18.4 Å². The Morgan fingerprint density at radius 2 is 2.30 bits per heavy atom.